The summed E-state index contributed by atoms with van der Waals surface area (Å²) in [4.78, 5) is 23.6. The van der Waals surface area contributed by atoms with Crippen molar-refractivity contribution in [1.29, 1.82) is 0 Å². The molecule has 4 rings (SSSR count). The highest BCUT2D eigenvalue weighted by Crippen LogP contribution is 2.67. The Balaban J connectivity index is 1.78. The summed E-state index contributed by atoms with van der Waals surface area (Å²) < 4.78 is 5.75. The van der Waals surface area contributed by atoms with E-state index in [0.717, 1.165) is 32.1 Å². The Labute approximate surface area is 156 Å². The van der Waals surface area contributed by atoms with E-state index >= 15 is 0 Å². The maximum Gasteiger partial charge on any atom is 0.302 e. The number of fused-ring (bicyclic) bond motifs is 5. The summed E-state index contributed by atoms with van der Waals surface area (Å²) >= 11 is 0. The largest absolute Gasteiger partial charge is 0.462 e. The monoisotopic (exact) mass is 354 g/mol. The summed E-state index contributed by atoms with van der Waals surface area (Å²) in [5, 5.41) is 0. The lowest BCUT2D eigenvalue weighted by atomic mass is 9.45. The number of hydrogen-bond acceptors (Lipinski definition) is 3. The minimum Gasteiger partial charge on any atom is -0.462 e. The van der Waals surface area contributed by atoms with E-state index < -0.39 is 0 Å². The van der Waals surface area contributed by atoms with Crippen molar-refractivity contribution in [2.24, 2.45) is 28.6 Å². The van der Waals surface area contributed by atoms with Crippen LogP contribution in [0, 0.1) is 28.6 Å². The number of esters is 1. The van der Waals surface area contributed by atoms with Gasteiger partial charge >= 0.3 is 5.97 Å². The molecule has 6 unspecified atom stereocenters. The van der Waals surface area contributed by atoms with Gasteiger partial charge in [0.1, 0.15) is 6.10 Å². The second kappa shape index (κ2) is 5.94. The molecule has 4 aliphatic carbocycles. The van der Waals surface area contributed by atoms with Crippen molar-refractivity contribution >= 4 is 11.8 Å². The van der Waals surface area contributed by atoms with Crippen LogP contribution < -0.4 is 0 Å². The quantitative estimate of drug-likeness (QED) is 0.529. The van der Waals surface area contributed by atoms with E-state index in [1.54, 1.807) is 0 Å². The molecule has 0 spiro atoms. The molecule has 2 saturated carbocycles. The summed E-state index contributed by atoms with van der Waals surface area (Å²) in [5.41, 5.74) is 2.68. The molecule has 26 heavy (non-hydrogen) atoms. The average molecular weight is 354 g/mol. The molecule has 6 atom stereocenters. The molecule has 0 saturated heterocycles. The third-order valence-electron chi connectivity index (χ3n) is 8.03. The molecule has 0 aromatic carbocycles. The number of ketones is 1. The van der Waals surface area contributed by atoms with Crippen molar-refractivity contribution in [3.63, 3.8) is 0 Å². The van der Waals surface area contributed by atoms with Gasteiger partial charge in [-0.3, -0.25) is 9.59 Å². The summed E-state index contributed by atoms with van der Waals surface area (Å²) in [6.45, 7) is 10.4. The molecule has 0 heterocycles. The third kappa shape index (κ3) is 2.32. The molecule has 0 N–H and O–H groups in total. The highest BCUT2D eigenvalue weighted by Gasteiger charge is 2.62. The van der Waals surface area contributed by atoms with Gasteiger partial charge in [0.05, 0.1) is 0 Å². The Morgan fingerprint density at radius 1 is 1.27 bits per heavy atom. The molecule has 0 aromatic heterocycles. The molecule has 0 aromatic rings. The zero-order valence-electron chi connectivity index (χ0n) is 16.2. The SMILES string of the molecule is C=CC12CCC3(C)C(OC(C)=O)CCC3C1C(C)=CC1=CC(=O)CCC12. The number of allylic oxidation sites excluding steroid dienone is 5. The zero-order chi connectivity index (χ0) is 18.7. The Bertz CT molecular complexity index is 730. The van der Waals surface area contributed by atoms with Gasteiger partial charge in [0.15, 0.2) is 5.78 Å². The zero-order valence-corrected chi connectivity index (χ0v) is 16.2. The first kappa shape index (κ1) is 17.8. The fourth-order valence-corrected chi connectivity index (χ4v) is 6.92. The van der Waals surface area contributed by atoms with Crippen molar-refractivity contribution in [2.45, 2.75) is 65.4 Å². The predicted molar refractivity (Wildman–Crippen MR) is 101 cm³/mol. The molecule has 0 radical (unpaired) electrons. The van der Waals surface area contributed by atoms with Crippen LogP contribution in [0.25, 0.3) is 0 Å². The van der Waals surface area contributed by atoms with Crippen molar-refractivity contribution in [1.82, 2.24) is 0 Å². The van der Waals surface area contributed by atoms with E-state index in [-0.39, 0.29) is 28.7 Å². The number of carbonyl (C=O) groups excluding carboxylic acids is 2. The lowest BCUT2D eigenvalue weighted by molar-refractivity contribution is -0.156. The topological polar surface area (TPSA) is 43.4 Å². The van der Waals surface area contributed by atoms with Gasteiger partial charge in [0.2, 0.25) is 0 Å². The van der Waals surface area contributed by atoms with Gasteiger partial charge in [-0.25, -0.2) is 0 Å². The maximum atomic E-state index is 12.0. The van der Waals surface area contributed by atoms with Gasteiger partial charge in [-0.1, -0.05) is 24.6 Å². The number of ether oxygens (including phenoxy) is 1. The number of rotatable bonds is 2. The second-order valence-corrected chi connectivity index (χ2v) is 9.17. The first-order valence-electron chi connectivity index (χ1n) is 10.1. The highest BCUT2D eigenvalue weighted by atomic mass is 16.5. The van der Waals surface area contributed by atoms with Crippen LogP contribution in [-0.4, -0.2) is 17.9 Å². The van der Waals surface area contributed by atoms with E-state index in [4.69, 9.17) is 4.74 Å². The van der Waals surface area contributed by atoms with E-state index in [9.17, 15) is 9.59 Å². The number of hydrogen-bond donors (Lipinski definition) is 0. The molecule has 140 valence electrons. The van der Waals surface area contributed by atoms with Crippen molar-refractivity contribution in [3.05, 3.63) is 36.0 Å². The van der Waals surface area contributed by atoms with Crippen LogP contribution in [0.4, 0.5) is 0 Å². The first-order chi connectivity index (χ1) is 12.3. The summed E-state index contributed by atoms with van der Waals surface area (Å²) in [6.07, 6.45) is 12.2. The summed E-state index contributed by atoms with van der Waals surface area (Å²) in [7, 11) is 0. The smallest absolute Gasteiger partial charge is 0.302 e. The average Bonchev–Trinajstić information content (AvgIpc) is 2.90. The molecule has 3 heteroatoms. The van der Waals surface area contributed by atoms with E-state index in [1.165, 1.54) is 18.1 Å². The third-order valence-corrected chi connectivity index (χ3v) is 8.03. The molecule has 0 amide bonds. The van der Waals surface area contributed by atoms with Crippen LogP contribution in [0.1, 0.15) is 59.3 Å². The Kier molecular flexibility index (Phi) is 4.05. The molecule has 3 nitrogen and oxygen atoms in total. The van der Waals surface area contributed by atoms with Crippen LogP contribution >= 0.6 is 0 Å². The fourth-order valence-electron chi connectivity index (χ4n) is 6.92. The maximum absolute atomic E-state index is 12.0. The first-order valence-corrected chi connectivity index (χ1v) is 10.1. The highest BCUT2D eigenvalue weighted by molar-refractivity contribution is 5.92. The lowest BCUT2D eigenvalue weighted by Gasteiger charge is -2.59. The second-order valence-electron chi connectivity index (χ2n) is 9.17. The number of carbonyl (C=O) groups is 2. The van der Waals surface area contributed by atoms with Crippen LogP contribution in [0.15, 0.2) is 36.0 Å². The molecule has 0 bridgehead atoms. The van der Waals surface area contributed by atoms with E-state index in [1.807, 2.05) is 6.08 Å². The molecule has 2 fully saturated rings. The minimum absolute atomic E-state index is 0.0329. The minimum atomic E-state index is -0.163. The van der Waals surface area contributed by atoms with Crippen molar-refractivity contribution in [3.8, 4) is 0 Å². The van der Waals surface area contributed by atoms with Gasteiger partial charge in [-0.15, -0.1) is 6.58 Å². The summed E-state index contributed by atoms with van der Waals surface area (Å²) in [5.74, 6) is 1.45. The van der Waals surface area contributed by atoms with Gasteiger partial charge in [-0.2, -0.15) is 0 Å². The van der Waals surface area contributed by atoms with Crippen LogP contribution in [-0.2, 0) is 14.3 Å². The van der Waals surface area contributed by atoms with Gasteiger partial charge < -0.3 is 4.74 Å². The Hall–Kier alpha value is -1.64. The van der Waals surface area contributed by atoms with Crippen LogP contribution in [0.5, 0.6) is 0 Å². The van der Waals surface area contributed by atoms with E-state index in [2.05, 4.69) is 32.6 Å². The summed E-state index contributed by atoms with van der Waals surface area (Å²) in [6, 6.07) is 0. The molecular weight excluding hydrogens is 324 g/mol. The van der Waals surface area contributed by atoms with Gasteiger partial charge in [0.25, 0.3) is 0 Å². The predicted octanol–water partition coefficient (Wildman–Crippen LogP) is 4.78. The lowest BCUT2D eigenvalue weighted by Crippen LogP contribution is -2.54. The van der Waals surface area contributed by atoms with Crippen LogP contribution in [0.2, 0.25) is 0 Å². The van der Waals surface area contributed by atoms with E-state index in [0.29, 0.717) is 24.2 Å². The van der Waals surface area contributed by atoms with Gasteiger partial charge in [-0.05, 0) is 68.4 Å². The van der Waals surface area contributed by atoms with Gasteiger partial charge in [0, 0.05) is 24.2 Å². The standard InChI is InChI=1S/C23H30O3/c1-5-23-11-10-22(4)19(8-9-20(22)26-15(3)24)21(23)14(2)12-16-13-17(25)6-7-18(16)23/h5,12-13,18-21H,1,6-11H2,2-4H3. The van der Waals surface area contributed by atoms with Crippen LogP contribution in [0.3, 0.4) is 0 Å². The Morgan fingerprint density at radius 2 is 2.04 bits per heavy atom. The molecule has 0 aliphatic heterocycles. The fraction of sp³-hybridized carbons (Fsp3) is 0.652. The Morgan fingerprint density at radius 3 is 2.73 bits per heavy atom. The normalized spacial score (nSPS) is 44.2. The van der Waals surface area contributed by atoms with Crippen molar-refractivity contribution < 1.29 is 14.3 Å². The molecular formula is C23H30O3. The molecule has 4 aliphatic rings. The van der Waals surface area contributed by atoms with Crippen molar-refractivity contribution in [2.75, 3.05) is 0 Å².